The normalized spacial score (nSPS) is 24.6. The highest BCUT2D eigenvalue weighted by atomic mass is 19.4. The van der Waals surface area contributed by atoms with E-state index in [0.717, 1.165) is 44.2 Å². The van der Waals surface area contributed by atoms with Gasteiger partial charge in [-0.05, 0) is 31.0 Å². The summed E-state index contributed by atoms with van der Waals surface area (Å²) in [7, 11) is 0. The molecule has 1 N–H and O–H groups in total. The number of fused-ring (bicyclic) bond motifs is 1. The second kappa shape index (κ2) is 5.76. The third-order valence-corrected chi connectivity index (χ3v) is 4.55. The minimum atomic E-state index is -4.62. The number of rotatable bonds is 1. The number of benzene rings is 1. The van der Waals surface area contributed by atoms with Gasteiger partial charge in [-0.1, -0.05) is 19.3 Å². The molecule has 0 spiro atoms. The zero-order valence-electron chi connectivity index (χ0n) is 12.4. The lowest BCUT2D eigenvalue weighted by molar-refractivity contribution is -0.137. The third kappa shape index (κ3) is 2.85. The Kier molecular flexibility index (Phi) is 3.92. The van der Waals surface area contributed by atoms with Crippen LogP contribution in [0, 0.1) is 11.3 Å². The number of anilines is 1. The van der Waals surface area contributed by atoms with E-state index >= 15 is 0 Å². The lowest BCUT2D eigenvalue weighted by Crippen LogP contribution is -2.36. The molecule has 1 aromatic rings. The smallest absolute Gasteiger partial charge is 0.333 e. The first-order chi connectivity index (χ1) is 10.9. The molecule has 7 heteroatoms. The van der Waals surface area contributed by atoms with Crippen LogP contribution < -0.4 is 10.2 Å². The van der Waals surface area contributed by atoms with E-state index in [0.29, 0.717) is 0 Å². The zero-order valence-corrected chi connectivity index (χ0v) is 12.4. The molecule has 2 amide bonds. The molecule has 2 atom stereocenters. The lowest BCUT2D eigenvalue weighted by atomic mass is 10.0. The van der Waals surface area contributed by atoms with E-state index in [2.05, 4.69) is 5.32 Å². The zero-order chi connectivity index (χ0) is 16.6. The highest BCUT2D eigenvalue weighted by molar-refractivity contribution is 5.95. The van der Waals surface area contributed by atoms with Gasteiger partial charge in [0.2, 0.25) is 0 Å². The highest BCUT2D eigenvalue weighted by Crippen LogP contribution is 2.37. The Hall–Kier alpha value is -2.23. The summed E-state index contributed by atoms with van der Waals surface area (Å²) in [5, 5.41) is 11.7. The van der Waals surface area contributed by atoms with E-state index in [1.54, 1.807) is 6.07 Å². The Morgan fingerprint density at radius 1 is 1.22 bits per heavy atom. The number of amides is 2. The number of hydrogen-bond donors (Lipinski definition) is 1. The number of urea groups is 1. The fraction of sp³-hybridized carbons (Fsp3) is 0.500. The van der Waals surface area contributed by atoms with Gasteiger partial charge in [-0.15, -0.1) is 0 Å². The van der Waals surface area contributed by atoms with Gasteiger partial charge in [0.25, 0.3) is 0 Å². The van der Waals surface area contributed by atoms with Gasteiger partial charge < -0.3 is 5.32 Å². The van der Waals surface area contributed by atoms with Crippen LogP contribution in [0.5, 0.6) is 0 Å². The molecule has 0 aromatic heterocycles. The molecule has 2 unspecified atom stereocenters. The number of nitrogens with zero attached hydrogens (tertiary/aromatic N) is 2. The van der Waals surface area contributed by atoms with E-state index in [4.69, 9.17) is 5.26 Å². The predicted molar refractivity (Wildman–Crippen MR) is 77.8 cm³/mol. The minimum absolute atomic E-state index is 0.0185. The quantitative estimate of drug-likeness (QED) is 0.854. The van der Waals surface area contributed by atoms with Crippen LogP contribution in [0.25, 0.3) is 0 Å². The second-order valence-corrected chi connectivity index (χ2v) is 5.97. The summed E-state index contributed by atoms with van der Waals surface area (Å²) in [6.07, 6.45) is 0.0174. The van der Waals surface area contributed by atoms with Crippen molar-refractivity contribution in [2.24, 2.45) is 0 Å². The first-order valence-electron chi connectivity index (χ1n) is 7.63. The van der Waals surface area contributed by atoms with Crippen LogP contribution in [0.15, 0.2) is 18.2 Å². The van der Waals surface area contributed by atoms with Gasteiger partial charge in [0.15, 0.2) is 0 Å². The standard InChI is InChI=1S/C16H16F3N3O/c17-16(18,19)12-8-11(7-6-10(12)9-20)22-14-5-3-1-2-4-13(14)21-15(22)23/h6-8,13-14H,1-5H2,(H,21,23). The van der Waals surface area contributed by atoms with E-state index in [1.807, 2.05) is 0 Å². The Balaban J connectivity index is 2.01. The van der Waals surface area contributed by atoms with Crippen molar-refractivity contribution in [3.05, 3.63) is 29.3 Å². The Morgan fingerprint density at radius 3 is 2.65 bits per heavy atom. The molecule has 1 saturated carbocycles. The lowest BCUT2D eigenvalue weighted by Gasteiger charge is -2.26. The van der Waals surface area contributed by atoms with Gasteiger partial charge >= 0.3 is 12.2 Å². The molecule has 0 bridgehead atoms. The summed E-state index contributed by atoms with van der Waals surface area (Å²) in [4.78, 5) is 13.7. The molecule has 23 heavy (non-hydrogen) atoms. The SMILES string of the molecule is N#Cc1ccc(N2C(=O)NC3CCCCCC32)cc1C(F)(F)F. The van der Waals surface area contributed by atoms with Gasteiger partial charge in [-0.3, -0.25) is 4.90 Å². The second-order valence-electron chi connectivity index (χ2n) is 5.97. The Bertz CT molecular complexity index is 666. The van der Waals surface area contributed by atoms with Crippen molar-refractivity contribution in [2.45, 2.75) is 50.4 Å². The number of nitriles is 1. The largest absolute Gasteiger partial charge is 0.417 e. The number of halogens is 3. The van der Waals surface area contributed by atoms with Crippen LogP contribution in [-0.4, -0.2) is 18.1 Å². The average molecular weight is 323 g/mol. The molecular formula is C16H16F3N3O. The third-order valence-electron chi connectivity index (χ3n) is 4.55. The van der Waals surface area contributed by atoms with Crippen molar-refractivity contribution in [1.82, 2.24) is 5.32 Å². The van der Waals surface area contributed by atoms with Crippen molar-refractivity contribution in [1.29, 1.82) is 5.26 Å². The van der Waals surface area contributed by atoms with E-state index in [9.17, 15) is 18.0 Å². The Labute approximate surface area is 131 Å². The van der Waals surface area contributed by atoms with E-state index < -0.39 is 17.3 Å². The number of hydrogen-bond acceptors (Lipinski definition) is 2. The molecule has 1 heterocycles. The number of carbonyl (C=O) groups is 1. The van der Waals surface area contributed by atoms with Crippen molar-refractivity contribution >= 4 is 11.7 Å². The van der Waals surface area contributed by atoms with Crippen molar-refractivity contribution in [3.8, 4) is 6.07 Å². The molecule has 0 radical (unpaired) electrons. The average Bonchev–Trinajstić information content (AvgIpc) is 2.67. The number of nitrogens with one attached hydrogen (secondary N) is 1. The predicted octanol–water partition coefficient (Wildman–Crippen LogP) is 3.81. The minimum Gasteiger partial charge on any atom is -0.333 e. The summed E-state index contributed by atoms with van der Waals surface area (Å²) in [5.41, 5.74) is -1.23. The molecule has 2 aliphatic rings. The molecule has 1 aliphatic carbocycles. The Morgan fingerprint density at radius 2 is 1.96 bits per heavy atom. The van der Waals surface area contributed by atoms with Crippen molar-refractivity contribution in [3.63, 3.8) is 0 Å². The summed E-state index contributed by atoms with van der Waals surface area (Å²) in [6.45, 7) is 0. The van der Waals surface area contributed by atoms with Gasteiger partial charge in [-0.2, -0.15) is 18.4 Å². The maximum Gasteiger partial charge on any atom is 0.417 e. The maximum atomic E-state index is 13.1. The van der Waals surface area contributed by atoms with Crippen LogP contribution >= 0.6 is 0 Å². The van der Waals surface area contributed by atoms with Crippen molar-refractivity contribution in [2.75, 3.05) is 4.90 Å². The van der Waals surface area contributed by atoms with Crippen LogP contribution in [0.2, 0.25) is 0 Å². The fourth-order valence-electron chi connectivity index (χ4n) is 3.47. The molecule has 2 fully saturated rings. The van der Waals surface area contributed by atoms with Crippen LogP contribution in [0.4, 0.5) is 23.7 Å². The van der Waals surface area contributed by atoms with E-state index in [-0.39, 0.29) is 23.8 Å². The summed E-state index contributed by atoms with van der Waals surface area (Å²) < 4.78 is 39.4. The van der Waals surface area contributed by atoms with Crippen LogP contribution in [-0.2, 0) is 6.18 Å². The van der Waals surface area contributed by atoms with Gasteiger partial charge in [0.1, 0.15) is 0 Å². The molecule has 4 nitrogen and oxygen atoms in total. The molecule has 3 rings (SSSR count). The van der Waals surface area contributed by atoms with Gasteiger partial charge in [0, 0.05) is 5.69 Å². The topological polar surface area (TPSA) is 56.1 Å². The number of alkyl halides is 3. The monoisotopic (exact) mass is 323 g/mol. The van der Waals surface area contributed by atoms with Gasteiger partial charge in [-0.25, -0.2) is 4.79 Å². The molecule has 1 aromatic carbocycles. The van der Waals surface area contributed by atoms with Gasteiger partial charge in [0.05, 0.1) is 29.3 Å². The van der Waals surface area contributed by atoms with Crippen LogP contribution in [0.3, 0.4) is 0 Å². The first-order valence-corrected chi connectivity index (χ1v) is 7.63. The summed E-state index contributed by atoms with van der Waals surface area (Å²) >= 11 is 0. The van der Waals surface area contributed by atoms with E-state index in [1.165, 1.54) is 11.0 Å². The maximum absolute atomic E-state index is 13.1. The number of carbonyl (C=O) groups excluding carboxylic acids is 1. The molecule has 1 aliphatic heterocycles. The fourth-order valence-corrected chi connectivity index (χ4v) is 3.47. The summed E-state index contributed by atoms with van der Waals surface area (Å²) in [6, 6.07) is 4.51. The highest BCUT2D eigenvalue weighted by Gasteiger charge is 2.41. The molecule has 1 saturated heterocycles. The first kappa shape index (κ1) is 15.7. The molecule has 122 valence electrons. The summed E-state index contributed by atoms with van der Waals surface area (Å²) in [5.74, 6) is 0. The molecular weight excluding hydrogens is 307 g/mol. The van der Waals surface area contributed by atoms with Crippen molar-refractivity contribution < 1.29 is 18.0 Å². The van der Waals surface area contributed by atoms with Crippen LogP contribution in [0.1, 0.15) is 43.2 Å².